The predicted octanol–water partition coefficient (Wildman–Crippen LogP) is 21.6. The van der Waals surface area contributed by atoms with Crippen molar-refractivity contribution in [3.63, 3.8) is 0 Å². The number of fused-ring (bicyclic) bond motifs is 6. The molecule has 0 spiro atoms. The summed E-state index contributed by atoms with van der Waals surface area (Å²) in [7, 11) is 0. The number of nitrogens with zero attached hydrogens (tertiary/aromatic N) is 4. The number of phenolic OH excluding ortho intramolecular Hbond substituents is 2. The number of aromatic hydroxyl groups is 2. The van der Waals surface area contributed by atoms with Crippen molar-refractivity contribution in [2.45, 2.75) is 142 Å². The largest absolute Gasteiger partial charge is 0.508 e. The Morgan fingerprint density at radius 2 is 0.562 bits per heavy atom. The molecule has 0 radical (unpaired) electrons. The van der Waals surface area contributed by atoms with Crippen LogP contribution in [0.2, 0.25) is 20.1 Å². The molecule has 648 valence electrons. The second-order valence-corrected chi connectivity index (χ2v) is 36.5. The summed E-state index contributed by atoms with van der Waals surface area (Å²) < 4.78 is 0. The molecule has 18 rings (SSSR count). The number of hydrogen-bond acceptors (Lipinski definition) is 12. The third-order valence-corrected chi connectivity index (χ3v) is 23.8. The number of halogens is 4. The van der Waals surface area contributed by atoms with Gasteiger partial charge in [-0.15, -0.1) is 0 Å². The number of benzodiazepines with no additional fused rings is 4. The van der Waals surface area contributed by atoms with Crippen LogP contribution < -0.4 is 32.6 Å². The highest BCUT2D eigenvalue weighted by molar-refractivity contribution is 6.34. The summed E-state index contributed by atoms with van der Waals surface area (Å²) in [6.45, 7) is 21.6. The van der Waals surface area contributed by atoms with Crippen LogP contribution in [-0.2, 0) is 55.7 Å². The molecule has 2 aromatic heterocycles. The highest BCUT2D eigenvalue weighted by Gasteiger charge is 2.34. The molecular weight excluding hydrogens is 1690 g/mol. The first kappa shape index (κ1) is 89.3. The Morgan fingerprint density at radius 3 is 0.859 bits per heavy atom. The lowest BCUT2D eigenvalue weighted by Crippen LogP contribution is -2.29. The summed E-state index contributed by atoms with van der Waals surface area (Å²) in [5.41, 5.74) is 22.9. The van der Waals surface area contributed by atoms with E-state index in [1.807, 2.05) is 109 Å². The molecule has 4 unspecified atom stereocenters. The number of aliphatic imine (C=N–C) groups is 4. The minimum absolute atomic E-state index is 0.0439. The zero-order valence-corrected chi connectivity index (χ0v) is 75.2. The number of carbonyl (C=O) groups is 4. The van der Waals surface area contributed by atoms with E-state index >= 15 is 0 Å². The van der Waals surface area contributed by atoms with Crippen molar-refractivity contribution in [1.82, 2.24) is 19.9 Å². The van der Waals surface area contributed by atoms with Crippen molar-refractivity contribution >= 4 is 138 Å². The lowest BCUT2D eigenvalue weighted by atomic mass is 9.82. The van der Waals surface area contributed by atoms with Gasteiger partial charge >= 0.3 is 11.4 Å². The normalized spacial score (nSPS) is 16.0. The van der Waals surface area contributed by atoms with Gasteiger partial charge in [0.2, 0.25) is 23.6 Å². The topological polar surface area (TPSA) is 304 Å². The molecule has 4 aliphatic rings. The summed E-state index contributed by atoms with van der Waals surface area (Å²) in [6.07, 6.45) is 1.94. The molecule has 4 amide bonds. The Bertz CT molecular complexity index is 6890. The van der Waals surface area contributed by atoms with E-state index in [0.717, 1.165) is 66.8 Å². The van der Waals surface area contributed by atoms with Gasteiger partial charge in [0.1, 0.15) is 35.7 Å². The number of H-pyrrole nitrogens is 4. The first-order valence-electron chi connectivity index (χ1n) is 42.3. The maximum Gasteiger partial charge on any atom is 0.323 e. The van der Waals surface area contributed by atoms with Gasteiger partial charge < -0.3 is 51.4 Å². The molecule has 6 heterocycles. The fourth-order valence-corrected chi connectivity index (χ4v) is 17.3. The lowest BCUT2D eigenvalue weighted by molar-refractivity contribution is -0.118. The number of imidazole rings is 2. The SMILES string of the molecule is CC(C)(C)c1ccccc1CC1N=C(c2ccc(O)cc2)c2cc(Cl)ccc2NC1=O.CC(C)(C)c1ccccc1CC1N=C(c2ccc3[nH]c(=O)[nH]c3c2)c2cc(Cl)ccc2NC1=O.CC(C)c1ccccc1CC1N=C(c2ccc(O)cc2)c2cc(Cl)ccc2NC1=O.CC(C)c1ccccc1CC1N=C(c2ccc3[nH]c(=O)[nH]c3c2)c2cc(Cl)ccc2NC1=O. The number of phenols is 2. The van der Waals surface area contributed by atoms with E-state index in [1.54, 1.807) is 97.1 Å². The minimum Gasteiger partial charge on any atom is -0.508 e. The maximum atomic E-state index is 13.3. The molecule has 10 N–H and O–H groups in total. The van der Waals surface area contributed by atoms with E-state index in [9.17, 15) is 39.0 Å². The number of anilines is 4. The van der Waals surface area contributed by atoms with E-state index in [1.165, 1.54) is 22.3 Å². The molecule has 0 fully saturated rings. The van der Waals surface area contributed by atoms with Crippen LogP contribution in [0.1, 0.15) is 170 Å². The summed E-state index contributed by atoms with van der Waals surface area (Å²) >= 11 is 25.2. The van der Waals surface area contributed by atoms with Crippen molar-refractivity contribution in [2.75, 3.05) is 21.3 Å². The van der Waals surface area contributed by atoms with Crippen molar-refractivity contribution in [3.8, 4) is 11.5 Å². The quantitative estimate of drug-likeness (QED) is 0.0498. The number of carbonyl (C=O) groups excluding carboxylic acids is 4. The number of nitrogens with one attached hydrogen (secondary N) is 8. The van der Waals surface area contributed by atoms with Crippen molar-refractivity contribution in [2.24, 2.45) is 20.0 Å². The minimum atomic E-state index is -0.634. The Morgan fingerprint density at radius 1 is 0.305 bits per heavy atom. The highest BCUT2D eigenvalue weighted by atomic mass is 35.5. The zero-order chi connectivity index (χ0) is 90.6. The number of aromatic amines is 4. The smallest absolute Gasteiger partial charge is 0.323 e. The number of benzene rings is 12. The van der Waals surface area contributed by atoms with Crippen LogP contribution in [0, 0.1) is 0 Å². The van der Waals surface area contributed by atoms with Crippen molar-refractivity contribution < 1.29 is 29.4 Å². The van der Waals surface area contributed by atoms with Gasteiger partial charge in [0.15, 0.2) is 0 Å². The van der Waals surface area contributed by atoms with Gasteiger partial charge in [0.25, 0.3) is 0 Å². The molecule has 24 heteroatoms. The Labute approximate surface area is 761 Å². The van der Waals surface area contributed by atoms with E-state index in [-0.39, 0.29) is 57.3 Å². The number of aromatic nitrogens is 4. The molecular formula is C104H96Cl4N12O8. The zero-order valence-electron chi connectivity index (χ0n) is 72.2. The van der Waals surface area contributed by atoms with Crippen LogP contribution in [0.4, 0.5) is 22.7 Å². The molecule has 128 heavy (non-hydrogen) atoms. The van der Waals surface area contributed by atoms with Gasteiger partial charge in [-0.1, -0.05) is 225 Å². The molecule has 0 aliphatic carbocycles. The van der Waals surface area contributed by atoms with Crippen LogP contribution in [0.5, 0.6) is 11.5 Å². The molecule has 12 aromatic carbocycles. The molecule has 0 bridgehead atoms. The van der Waals surface area contributed by atoms with Gasteiger partial charge in [0, 0.05) is 90.3 Å². The molecule has 0 saturated carbocycles. The number of rotatable bonds is 14. The molecule has 4 atom stereocenters. The summed E-state index contributed by atoms with van der Waals surface area (Å²) in [6, 6.07) is 76.6. The van der Waals surface area contributed by atoms with Gasteiger partial charge in [-0.25, -0.2) is 9.59 Å². The number of amides is 4. The van der Waals surface area contributed by atoms with Gasteiger partial charge in [-0.05, 0) is 213 Å². The maximum absolute atomic E-state index is 13.3. The monoisotopic (exact) mass is 1780 g/mol. The highest BCUT2D eigenvalue weighted by Crippen LogP contribution is 2.38. The molecule has 0 saturated heterocycles. The summed E-state index contributed by atoms with van der Waals surface area (Å²) in [5, 5.41) is 33.8. The third kappa shape index (κ3) is 20.6. The van der Waals surface area contributed by atoms with E-state index in [4.69, 9.17) is 66.4 Å². The first-order chi connectivity index (χ1) is 61.2. The average Bonchev–Trinajstić information content (AvgIpc) is 1.63. The van der Waals surface area contributed by atoms with E-state index in [2.05, 4.69) is 159 Å². The molecule has 20 nitrogen and oxygen atoms in total. The van der Waals surface area contributed by atoms with Crippen LogP contribution in [0.3, 0.4) is 0 Å². The van der Waals surface area contributed by atoms with Crippen LogP contribution in [0.25, 0.3) is 22.1 Å². The average molecular weight is 1780 g/mol. The van der Waals surface area contributed by atoms with E-state index in [0.29, 0.717) is 125 Å². The van der Waals surface area contributed by atoms with Crippen LogP contribution >= 0.6 is 46.4 Å². The standard InChI is InChI=1S/C27H25ClN4O2.C26H23ClN4O2.C26H25ClN2O2.C25H23ClN2O2/c1-27(2,3)19-7-5-4-6-15(19)12-23-25(33)30-20-11-9-17(28)14-18(20)24(29-23)16-8-10-21-22(13-16)32-26(34)31-21;1-14(2)18-6-4-3-5-15(18)11-23-25(32)29-20-10-8-17(27)13-19(20)24(28-23)16-7-9-21-22(12-16)31-26(33)30-21;1-26(2,3)21-7-5-4-6-17(21)14-23-25(31)29-22-13-10-18(27)15-20(22)24(28-23)16-8-11-19(30)12-9-16;1-15(2)20-6-4-3-5-17(20)13-23-25(30)28-22-12-9-18(26)14-21(22)24(27-23)16-7-10-19(29)11-8-16/h4-11,13-14,23H,12H2,1-3H3,(H,30,33)(H2,31,32,34);3-10,12-14,23H,11H2,1-2H3,(H,29,32)(H2,30,31,33);4-13,15,23,30H,14H2,1-3H3,(H,29,31);3-12,14-15,23,29H,13H2,1-2H3,(H,28,30). The first-order valence-corrected chi connectivity index (χ1v) is 43.8. The Hall–Kier alpha value is -13.5. The number of hydrogen-bond donors (Lipinski definition) is 10. The summed E-state index contributed by atoms with van der Waals surface area (Å²) in [5.74, 6) is 0.410. The van der Waals surface area contributed by atoms with Crippen LogP contribution in [0.15, 0.2) is 284 Å². The second-order valence-electron chi connectivity index (χ2n) is 34.8. The lowest BCUT2D eigenvalue weighted by Gasteiger charge is -2.24. The van der Waals surface area contributed by atoms with Crippen molar-refractivity contribution in [1.29, 1.82) is 0 Å². The van der Waals surface area contributed by atoms with Crippen molar-refractivity contribution in [3.05, 3.63) is 385 Å². The fourth-order valence-electron chi connectivity index (χ4n) is 16.6. The molecule has 14 aromatic rings. The predicted molar refractivity (Wildman–Crippen MR) is 518 cm³/mol. The van der Waals surface area contributed by atoms with Gasteiger partial charge in [0.05, 0.1) is 67.7 Å². The Balaban J connectivity index is 0.000000131. The fraction of sp³-hybridized carbons (Fsp3) is 0.212. The Kier molecular flexibility index (Phi) is 26.5. The van der Waals surface area contributed by atoms with E-state index < -0.39 is 24.2 Å². The third-order valence-electron chi connectivity index (χ3n) is 22.8. The second kappa shape index (κ2) is 38.0. The molecule has 4 aliphatic heterocycles. The summed E-state index contributed by atoms with van der Waals surface area (Å²) in [4.78, 5) is 107. The van der Waals surface area contributed by atoms with Gasteiger partial charge in [-0.3, -0.25) is 39.1 Å². The van der Waals surface area contributed by atoms with Gasteiger partial charge in [-0.2, -0.15) is 0 Å². The van der Waals surface area contributed by atoms with Crippen LogP contribution in [-0.4, -0.2) is 101 Å².